The third kappa shape index (κ3) is 3.96. The molecule has 150 valence electrons. The van der Waals surface area contributed by atoms with Crippen LogP contribution in [0, 0.1) is 0 Å². The normalized spacial score (nSPS) is 10.7. The van der Waals surface area contributed by atoms with Crippen molar-refractivity contribution < 1.29 is 9.53 Å². The number of aromatic nitrogens is 1. The first-order valence-electron chi connectivity index (χ1n) is 9.73. The Kier molecular flexibility index (Phi) is 5.61. The van der Waals surface area contributed by atoms with Gasteiger partial charge < -0.3 is 14.6 Å². The van der Waals surface area contributed by atoms with E-state index in [1.54, 1.807) is 30.0 Å². The van der Waals surface area contributed by atoms with Crippen LogP contribution in [0.2, 0.25) is 0 Å². The van der Waals surface area contributed by atoms with Crippen LogP contribution in [-0.4, -0.2) is 17.6 Å². The molecule has 1 aromatic heterocycles. The Morgan fingerprint density at radius 2 is 1.70 bits per heavy atom. The van der Waals surface area contributed by atoms with Crippen molar-refractivity contribution in [1.29, 1.82) is 0 Å². The molecular weight excluding hydrogens is 376 g/mol. The monoisotopic (exact) mass is 398 g/mol. The van der Waals surface area contributed by atoms with Crippen molar-refractivity contribution in [2.24, 2.45) is 0 Å². The lowest BCUT2D eigenvalue weighted by atomic mass is 10.0. The molecule has 0 radical (unpaired) electrons. The zero-order valence-corrected chi connectivity index (χ0v) is 16.7. The highest BCUT2D eigenvalue weighted by Crippen LogP contribution is 2.27. The molecule has 4 aromatic rings. The minimum Gasteiger partial charge on any atom is -0.496 e. The summed E-state index contributed by atoms with van der Waals surface area (Å²) in [5.74, 6) is 0.293. The third-order valence-electron chi connectivity index (χ3n) is 5.10. The van der Waals surface area contributed by atoms with E-state index in [0.29, 0.717) is 12.3 Å². The van der Waals surface area contributed by atoms with E-state index < -0.39 is 5.91 Å². The van der Waals surface area contributed by atoms with Crippen LogP contribution in [0.1, 0.15) is 21.5 Å². The number of pyridine rings is 1. The third-order valence-corrected chi connectivity index (χ3v) is 5.10. The lowest BCUT2D eigenvalue weighted by molar-refractivity contribution is 0.0948. The number of methoxy groups -OCH3 is 1. The fourth-order valence-electron chi connectivity index (χ4n) is 3.57. The number of carbonyl (C=O) groups is 1. The van der Waals surface area contributed by atoms with Gasteiger partial charge in [-0.25, -0.2) is 0 Å². The van der Waals surface area contributed by atoms with Gasteiger partial charge in [0, 0.05) is 18.3 Å². The number of hydrogen-bond acceptors (Lipinski definition) is 3. The van der Waals surface area contributed by atoms with E-state index in [2.05, 4.69) is 5.32 Å². The molecule has 0 aliphatic carbocycles. The van der Waals surface area contributed by atoms with Crippen LogP contribution >= 0.6 is 0 Å². The highest BCUT2D eigenvalue weighted by atomic mass is 16.5. The van der Waals surface area contributed by atoms with Crippen molar-refractivity contribution in [3.8, 4) is 5.75 Å². The molecule has 1 N–H and O–H groups in total. The number of ether oxygens (including phenoxy) is 1. The Bertz CT molecular complexity index is 1250. The molecule has 0 saturated heterocycles. The summed E-state index contributed by atoms with van der Waals surface area (Å²) >= 11 is 0. The maximum Gasteiger partial charge on any atom is 0.263 e. The Labute approximate surface area is 174 Å². The molecule has 30 heavy (non-hydrogen) atoms. The largest absolute Gasteiger partial charge is 0.496 e. The minimum absolute atomic E-state index is 0.118. The van der Waals surface area contributed by atoms with E-state index in [-0.39, 0.29) is 17.7 Å². The quantitative estimate of drug-likeness (QED) is 0.534. The van der Waals surface area contributed by atoms with Crippen LogP contribution in [0.4, 0.5) is 0 Å². The topological polar surface area (TPSA) is 60.3 Å². The van der Waals surface area contributed by atoms with E-state index in [0.717, 1.165) is 21.9 Å². The van der Waals surface area contributed by atoms with Gasteiger partial charge in [-0.15, -0.1) is 0 Å². The molecule has 0 unspecified atom stereocenters. The summed E-state index contributed by atoms with van der Waals surface area (Å²) in [6.45, 7) is 0.675. The van der Waals surface area contributed by atoms with E-state index in [1.807, 2.05) is 66.7 Å². The van der Waals surface area contributed by atoms with Crippen molar-refractivity contribution >= 4 is 16.7 Å². The van der Waals surface area contributed by atoms with E-state index >= 15 is 0 Å². The highest BCUT2D eigenvalue weighted by molar-refractivity contribution is 5.94. The van der Waals surface area contributed by atoms with Crippen molar-refractivity contribution in [1.82, 2.24) is 9.88 Å². The van der Waals surface area contributed by atoms with Gasteiger partial charge in [0.05, 0.1) is 13.7 Å². The molecule has 5 nitrogen and oxygen atoms in total. The highest BCUT2D eigenvalue weighted by Gasteiger charge is 2.14. The number of carbonyl (C=O) groups excluding carboxylic acids is 1. The van der Waals surface area contributed by atoms with Gasteiger partial charge in [-0.3, -0.25) is 9.59 Å². The van der Waals surface area contributed by atoms with Gasteiger partial charge in [0.2, 0.25) is 0 Å². The summed E-state index contributed by atoms with van der Waals surface area (Å²) in [4.78, 5) is 25.7. The molecule has 0 aliphatic rings. The van der Waals surface area contributed by atoms with Gasteiger partial charge in [0.25, 0.3) is 11.5 Å². The average molecular weight is 398 g/mol. The number of amides is 1. The second kappa shape index (κ2) is 8.66. The first kappa shape index (κ1) is 19.5. The van der Waals surface area contributed by atoms with Gasteiger partial charge in [-0.05, 0) is 34.5 Å². The average Bonchev–Trinajstić information content (AvgIpc) is 2.79. The van der Waals surface area contributed by atoms with E-state index in [9.17, 15) is 9.59 Å². The number of fused-ring (bicyclic) bond motifs is 1. The number of nitrogens with zero attached hydrogens (tertiary/aromatic N) is 1. The number of hydrogen-bond donors (Lipinski definition) is 1. The zero-order chi connectivity index (χ0) is 20.9. The molecule has 4 rings (SSSR count). The van der Waals surface area contributed by atoms with Gasteiger partial charge in [0.15, 0.2) is 0 Å². The summed E-state index contributed by atoms with van der Waals surface area (Å²) in [5.41, 5.74) is 1.68. The lowest BCUT2D eigenvalue weighted by Crippen LogP contribution is -2.32. The van der Waals surface area contributed by atoms with Crippen LogP contribution in [0.3, 0.4) is 0 Å². The van der Waals surface area contributed by atoms with Crippen molar-refractivity contribution in [3.63, 3.8) is 0 Å². The molecule has 0 fully saturated rings. The van der Waals surface area contributed by atoms with Crippen LogP contribution in [0.25, 0.3) is 10.8 Å². The predicted molar refractivity (Wildman–Crippen MR) is 118 cm³/mol. The molecule has 0 saturated carbocycles. The van der Waals surface area contributed by atoms with Crippen molar-refractivity contribution in [2.45, 2.75) is 13.1 Å². The lowest BCUT2D eigenvalue weighted by Gasteiger charge is -2.13. The Balaban J connectivity index is 1.58. The van der Waals surface area contributed by atoms with E-state index in [4.69, 9.17) is 4.74 Å². The first-order valence-corrected chi connectivity index (χ1v) is 9.73. The summed E-state index contributed by atoms with van der Waals surface area (Å²) in [6.07, 6.45) is 1.69. The van der Waals surface area contributed by atoms with Crippen LogP contribution in [-0.2, 0) is 13.1 Å². The molecular formula is C25H22N2O3. The molecule has 0 atom stereocenters. The molecule has 1 heterocycles. The maximum absolute atomic E-state index is 12.8. The van der Waals surface area contributed by atoms with Crippen molar-refractivity contribution in [2.75, 3.05) is 7.11 Å². The molecule has 5 heteroatoms. The van der Waals surface area contributed by atoms with Gasteiger partial charge in [-0.2, -0.15) is 0 Å². The number of nitrogens with one attached hydrogen (secondary N) is 1. The SMILES string of the molecule is COc1ccc2ccccc2c1CNC(=O)c1cccn(Cc2ccccc2)c1=O. The standard InChI is InChI=1S/C25H22N2O3/c1-30-23-14-13-19-10-5-6-11-20(19)22(23)16-26-24(28)21-12-7-15-27(25(21)29)17-18-8-3-2-4-9-18/h2-15H,16-17H2,1H3,(H,26,28). The van der Waals surface area contributed by atoms with Crippen LogP contribution in [0.5, 0.6) is 5.75 Å². The van der Waals surface area contributed by atoms with Crippen LogP contribution < -0.4 is 15.6 Å². The Morgan fingerprint density at radius 3 is 2.50 bits per heavy atom. The van der Waals surface area contributed by atoms with Crippen molar-refractivity contribution in [3.05, 3.63) is 112 Å². The Hall–Kier alpha value is -3.86. The summed E-state index contributed by atoms with van der Waals surface area (Å²) in [7, 11) is 1.61. The summed E-state index contributed by atoms with van der Waals surface area (Å²) < 4.78 is 7.03. The second-order valence-electron chi connectivity index (χ2n) is 6.99. The Morgan fingerprint density at radius 1 is 0.933 bits per heavy atom. The van der Waals surface area contributed by atoms with Gasteiger partial charge >= 0.3 is 0 Å². The van der Waals surface area contributed by atoms with Gasteiger partial charge in [0.1, 0.15) is 11.3 Å². The summed E-state index contributed by atoms with van der Waals surface area (Å²) in [5, 5.41) is 4.95. The first-order chi connectivity index (χ1) is 14.7. The molecule has 0 spiro atoms. The smallest absolute Gasteiger partial charge is 0.263 e. The number of benzene rings is 3. The van der Waals surface area contributed by atoms with E-state index in [1.165, 1.54) is 0 Å². The molecule has 3 aromatic carbocycles. The number of rotatable bonds is 6. The summed E-state index contributed by atoms with van der Waals surface area (Å²) in [6, 6.07) is 24.8. The minimum atomic E-state index is -0.405. The van der Waals surface area contributed by atoms with Gasteiger partial charge in [-0.1, -0.05) is 60.7 Å². The molecule has 0 aliphatic heterocycles. The molecule has 1 amide bonds. The predicted octanol–water partition coefficient (Wildman–Crippen LogP) is 3.99. The molecule has 0 bridgehead atoms. The van der Waals surface area contributed by atoms with Crippen LogP contribution in [0.15, 0.2) is 89.9 Å². The fourth-order valence-corrected chi connectivity index (χ4v) is 3.57. The maximum atomic E-state index is 12.8. The zero-order valence-electron chi connectivity index (χ0n) is 16.7. The second-order valence-corrected chi connectivity index (χ2v) is 6.99. The fraction of sp³-hybridized carbons (Fsp3) is 0.120.